The van der Waals surface area contributed by atoms with Gasteiger partial charge in [0.1, 0.15) is 0 Å². The maximum absolute atomic E-state index is 10.9. The molecule has 94 valence electrons. The van der Waals surface area contributed by atoms with E-state index in [4.69, 9.17) is 0 Å². The molecule has 1 aromatic carbocycles. The first kappa shape index (κ1) is 13.0. The lowest BCUT2D eigenvalue weighted by atomic mass is 10.3. The van der Waals surface area contributed by atoms with Crippen LogP contribution in [0.3, 0.4) is 0 Å². The molecule has 2 N–H and O–H groups in total. The van der Waals surface area contributed by atoms with E-state index in [0.29, 0.717) is 10.1 Å². The van der Waals surface area contributed by atoms with Crippen molar-refractivity contribution in [3.05, 3.63) is 52.6 Å². The van der Waals surface area contributed by atoms with Gasteiger partial charge in [-0.1, -0.05) is 11.3 Å². The fourth-order valence-corrected chi connectivity index (χ4v) is 2.66. The molecule has 0 amide bonds. The Morgan fingerprint density at radius 1 is 1.50 bits per heavy atom. The summed E-state index contributed by atoms with van der Waals surface area (Å²) in [6.07, 6.45) is 0. The number of aromatic amines is 1. The number of nitro groups is 1. The molecule has 1 aromatic heterocycles. The standard InChI is InChI=1S/C10H8IN3O3S/c11-8-3-6(1-2-9(8)14(16)17)12-4-7-5-18-10(15)13-7/h1-3,5,12H,4H2,(H,13,15). The number of hydrogen-bond donors (Lipinski definition) is 2. The summed E-state index contributed by atoms with van der Waals surface area (Å²) in [5.41, 5.74) is 1.65. The van der Waals surface area contributed by atoms with E-state index in [1.54, 1.807) is 17.5 Å². The van der Waals surface area contributed by atoms with Crippen LogP contribution >= 0.6 is 33.9 Å². The quantitative estimate of drug-likeness (QED) is 0.487. The van der Waals surface area contributed by atoms with Gasteiger partial charge >= 0.3 is 4.87 Å². The molecule has 0 saturated carbocycles. The van der Waals surface area contributed by atoms with Crippen LogP contribution in [0.5, 0.6) is 0 Å². The van der Waals surface area contributed by atoms with E-state index in [2.05, 4.69) is 10.3 Å². The maximum atomic E-state index is 10.9. The SMILES string of the molecule is O=c1[nH]c(CNc2ccc([N+](=O)[O-])c(I)c2)cs1. The second-order valence-corrected chi connectivity index (χ2v) is 5.45. The lowest BCUT2D eigenvalue weighted by molar-refractivity contribution is -0.385. The van der Waals surface area contributed by atoms with E-state index in [1.807, 2.05) is 22.6 Å². The van der Waals surface area contributed by atoms with Gasteiger partial charge in [0.15, 0.2) is 0 Å². The van der Waals surface area contributed by atoms with Crippen LogP contribution in [0, 0.1) is 13.7 Å². The largest absolute Gasteiger partial charge is 0.379 e. The number of benzene rings is 1. The third kappa shape index (κ3) is 3.07. The van der Waals surface area contributed by atoms with Crippen LogP contribution in [0.1, 0.15) is 5.69 Å². The number of aromatic nitrogens is 1. The number of H-pyrrole nitrogens is 1. The molecular weight excluding hydrogens is 369 g/mol. The Morgan fingerprint density at radius 2 is 2.28 bits per heavy atom. The summed E-state index contributed by atoms with van der Waals surface area (Å²) in [7, 11) is 0. The Kier molecular flexibility index (Phi) is 3.97. The van der Waals surface area contributed by atoms with Gasteiger partial charge in [0, 0.05) is 22.8 Å². The molecule has 6 nitrogen and oxygen atoms in total. The Balaban J connectivity index is 2.08. The fourth-order valence-electron chi connectivity index (χ4n) is 1.36. The predicted molar refractivity (Wildman–Crippen MR) is 78.1 cm³/mol. The molecular formula is C10H8IN3O3S. The molecule has 0 saturated heterocycles. The molecule has 1 heterocycles. The molecule has 0 unspecified atom stereocenters. The highest BCUT2D eigenvalue weighted by Crippen LogP contribution is 2.24. The summed E-state index contributed by atoms with van der Waals surface area (Å²) in [5.74, 6) is 0. The molecule has 18 heavy (non-hydrogen) atoms. The van der Waals surface area contributed by atoms with Crippen LogP contribution in [0.15, 0.2) is 28.4 Å². The first-order valence-electron chi connectivity index (χ1n) is 4.91. The molecule has 8 heteroatoms. The van der Waals surface area contributed by atoms with Crippen LogP contribution < -0.4 is 10.2 Å². The van der Waals surface area contributed by atoms with Crippen LogP contribution in [0.25, 0.3) is 0 Å². The normalized spacial score (nSPS) is 10.3. The zero-order valence-electron chi connectivity index (χ0n) is 8.97. The first-order chi connectivity index (χ1) is 8.56. The Labute approximate surface area is 119 Å². The minimum atomic E-state index is -0.415. The van der Waals surface area contributed by atoms with Crippen LogP contribution in [0.4, 0.5) is 11.4 Å². The monoisotopic (exact) mass is 377 g/mol. The molecule has 0 aliphatic heterocycles. The third-order valence-electron chi connectivity index (χ3n) is 2.20. The van der Waals surface area contributed by atoms with Crippen molar-refractivity contribution in [2.24, 2.45) is 0 Å². The summed E-state index contributed by atoms with van der Waals surface area (Å²) in [6, 6.07) is 4.80. The molecule has 2 aromatic rings. The fraction of sp³-hybridized carbons (Fsp3) is 0.100. The molecule has 0 spiro atoms. The van der Waals surface area contributed by atoms with Crippen molar-refractivity contribution in [1.29, 1.82) is 0 Å². The molecule has 0 aliphatic rings. The number of hydrogen-bond acceptors (Lipinski definition) is 5. The third-order valence-corrected chi connectivity index (χ3v) is 3.78. The van der Waals surface area contributed by atoms with Crippen LogP contribution in [-0.4, -0.2) is 9.91 Å². The van der Waals surface area contributed by atoms with E-state index in [-0.39, 0.29) is 10.6 Å². The highest BCUT2D eigenvalue weighted by molar-refractivity contribution is 14.1. The number of anilines is 1. The topological polar surface area (TPSA) is 88.0 Å². The average molecular weight is 377 g/mol. The predicted octanol–water partition coefficient (Wildman–Crippen LogP) is 2.56. The van der Waals surface area contributed by atoms with Crippen molar-refractivity contribution in [2.45, 2.75) is 6.54 Å². The highest BCUT2D eigenvalue weighted by atomic mass is 127. The van der Waals surface area contributed by atoms with Gasteiger partial charge < -0.3 is 10.3 Å². The highest BCUT2D eigenvalue weighted by Gasteiger charge is 2.11. The smallest absolute Gasteiger partial charge is 0.304 e. The molecule has 0 bridgehead atoms. The van der Waals surface area contributed by atoms with E-state index in [0.717, 1.165) is 22.7 Å². The van der Waals surface area contributed by atoms with Gasteiger partial charge in [0.05, 0.1) is 15.0 Å². The minimum absolute atomic E-state index is 0.0880. The maximum Gasteiger partial charge on any atom is 0.304 e. The summed E-state index contributed by atoms with van der Waals surface area (Å²) < 4.78 is 0.571. The van der Waals surface area contributed by atoms with Crippen molar-refractivity contribution in [3.63, 3.8) is 0 Å². The van der Waals surface area contributed by atoms with E-state index in [1.165, 1.54) is 6.07 Å². The van der Waals surface area contributed by atoms with Gasteiger partial charge in [-0.15, -0.1) is 0 Å². The van der Waals surface area contributed by atoms with Gasteiger partial charge in [-0.3, -0.25) is 14.9 Å². The van der Waals surface area contributed by atoms with Crippen molar-refractivity contribution in [2.75, 3.05) is 5.32 Å². The van der Waals surface area contributed by atoms with Gasteiger partial charge in [-0.05, 0) is 34.7 Å². The summed E-state index contributed by atoms with van der Waals surface area (Å²) in [4.78, 5) is 23.8. The summed E-state index contributed by atoms with van der Waals surface area (Å²) in [6.45, 7) is 0.479. The van der Waals surface area contributed by atoms with Crippen LogP contribution in [0.2, 0.25) is 0 Å². The van der Waals surface area contributed by atoms with Crippen molar-refractivity contribution < 1.29 is 4.92 Å². The van der Waals surface area contributed by atoms with Crippen molar-refractivity contribution in [3.8, 4) is 0 Å². The number of halogens is 1. The summed E-state index contributed by atoms with van der Waals surface area (Å²) >= 11 is 3.03. The number of nitro benzene ring substituents is 1. The van der Waals surface area contributed by atoms with E-state index in [9.17, 15) is 14.9 Å². The summed E-state index contributed by atoms with van der Waals surface area (Å²) in [5, 5.41) is 15.5. The minimum Gasteiger partial charge on any atom is -0.379 e. The van der Waals surface area contributed by atoms with Gasteiger partial charge in [-0.25, -0.2) is 0 Å². The van der Waals surface area contributed by atoms with Gasteiger partial charge in [0.25, 0.3) is 5.69 Å². The second kappa shape index (κ2) is 5.48. The molecule has 0 aliphatic carbocycles. The number of nitrogens with one attached hydrogen (secondary N) is 2. The molecule has 0 atom stereocenters. The lowest BCUT2D eigenvalue weighted by Crippen LogP contribution is -2.03. The Bertz CT molecular complexity index is 637. The van der Waals surface area contributed by atoms with Crippen molar-refractivity contribution in [1.82, 2.24) is 4.98 Å². The Morgan fingerprint density at radius 3 is 2.83 bits per heavy atom. The number of rotatable bonds is 4. The Hall–Kier alpha value is -1.42. The van der Waals surface area contributed by atoms with Crippen LogP contribution in [-0.2, 0) is 6.54 Å². The first-order valence-corrected chi connectivity index (χ1v) is 6.86. The van der Waals surface area contributed by atoms with Gasteiger partial charge in [-0.2, -0.15) is 0 Å². The number of nitrogens with zero attached hydrogens (tertiary/aromatic N) is 1. The van der Waals surface area contributed by atoms with E-state index >= 15 is 0 Å². The number of thiazole rings is 1. The average Bonchev–Trinajstić information content (AvgIpc) is 2.72. The molecule has 2 rings (SSSR count). The van der Waals surface area contributed by atoms with E-state index < -0.39 is 4.92 Å². The van der Waals surface area contributed by atoms with Crippen molar-refractivity contribution >= 4 is 45.3 Å². The second-order valence-electron chi connectivity index (χ2n) is 3.45. The zero-order chi connectivity index (χ0) is 13.1. The molecule has 0 radical (unpaired) electrons. The van der Waals surface area contributed by atoms with Gasteiger partial charge in [0.2, 0.25) is 0 Å². The lowest BCUT2D eigenvalue weighted by Gasteiger charge is -2.05. The molecule has 0 fully saturated rings. The zero-order valence-corrected chi connectivity index (χ0v) is 11.9.